The van der Waals surface area contributed by atoms with Crippen LogP contribution in [0.3, 0.4) is 0 Å². The first-order chi connectivity index (χ1) is 8.26. The second-order valence-electron chi connectivity index (χ2n) is 4.37. The van der Waals surface area contributed by atoms with Crippen LogP contribution in [0.25, 0.3) is 0 Å². The predicted molar refractivity (Wildman–Crippen MR) is 71.9 cm³/mol. The van der Waals surface area contributed by atoms with E-state index in [1.807, 2.05) is 12.3 Å². The minimum Gasteiger partial charge on any atom is -0.468 e. The van der Waals surface area contributed by atoms with Gasteiger partial charge in [-0.3, -0.25) is 4.90 Å². The predicted octanol–water partition coefficient (Wildman–Crippen LogP) is 2.79. The fraction of sp³-hybridized carbons (Fsp3) is 0.571. The van der Waals surface area contributed by atoms with Gasteiger partial charge in [-0.25, -0.2) is 0 Å². The molecule has 0 unspecified atom stereocenters. The average molecular weight is 236 g/mol. The van der Waals surface area contributed by atoms with E-state index in [-0.39, 0.29) is 0 Å². The van der Waals surface area contributed by atoms with Crippen molar-refractivity contribution in [3.8, 4) is 0 Å². The van der Waals surface area contributed by atoms with Crippen molar-refractivity contribution in [3.05, 3.63) is 36.3 Å². The van der Waals surface area contributed by atoms with Crippen LogP contribution in [-0.2, 0) is 13.1 Å². The highest BCUT2D eigenvalue weighted by Gasteiger charge is 2.04. The Labute approximate surface area is 104 Å². The van der Waals surface area contributed by atoms with Crippen LogP contribution in [0.4, 0.5) is 0 Å². The second-order valence-corrected chi connectivity index (χ2v) is 4.37. The smallest absolute Gasteiger partial charge is 0.118 e. The van der Waals surface area contributed by atoms with Crippen molar-refractivity contribution in [2.24, 2.45) is 0 Å². The Bertz CT molecular complexity index is 320. The maximum Gasteiger partial charge on any atom is 0.118 e. The summed E-state index contributed by atoms with van der Waals surface area (Å²) >= 11 is 0. The summed E-state index contributed by atoms with van der Waals surface area (Å²) in [6.45, 7) is 9.67. The first kappa shape index (κ1) is 14.0. The molecule has 0 spiro atoms. The topological polar surface area (TPSA) is 28.4 Å². The van der Waals surface area contributed by atoms with Gasteiger partial charge in [0, 0.05) is 12.1 Å². The number of hydrogen-bond donors (Lipinski definition) is 1. The molecule has 0 aliphatic heterocycles. The van der Waals surface area contributed by atoms with E-state index in [2.05, 4.69) is 36.8 Å². The summed E-state index contributed by atoms with van der Waals surface area (Å²) in [5.41, 5.74) is 1.22. The standard InChI is InChI=1S/C14H24N2O/c1-4-6-7-8-16(3)11-14-9-13(12-17-14)10-15-5-2/h4,9,12,15H,1,5-8,10-11H2,2-3H3. The van der Waals surface area contributed by atoms with Crippen LogP contribution in [0.2, 0.25) is 0 Å². The molecule has 0 fully saturated rings. The largest absolute Gasteiger partial charge is 0.468 e. The van der Waals surface area contributed by atoms with Crippen LogP contribution >= 0.6 is 0 Å². The van der Waals surface area contributed by atoms with Crippen LogP contribution in [0.1, 0.15) is 31.1 Å². The lowest BCUT2D eigenvalue weighted by Crippen LogP contribution is -2.18. The zero-order chi connectivity index (χ0) is 12.5. The Morgan fingerprint density at radius 2 is 2.35 bits per heavy atom. The van der Waals surface area contributed by atoms with Crippen LogP contribution in [0, 0.1) is 0 Å². The zero-order valence-electron chi connectivity index (χ0n) is 11.0. The van der Waals surface area contributed by atoms with Gasteiger partial charge in [-0.1, -0.05) is 13.0 Å². The average Bonchev–Trinajstić information content (AvgIpc) is 2.74. The Kier molecular flexibility index (Phi) is 6.67. The van der Waals surface area contributed by atoms with Crippen molar-refractivity contribution in [1.82, 2.24) is 10.2 Å². The number of nitrogens with one attached hydrogen (secondary N) is 1. The van der Waals surface area contributed by atoms with E-state index in [4.69, 9.17) is 4.42 Å². The highest BCUT2D eigenvalue weighted by molar-refractivity contribution is 5.12. The molecule has 0 aliphatic carbocycles. The summed E-state index contributed by atoms with van der Waals surface area (Å²) in [6, 6.07) is 2.13. The molecule has 0 amide bonds. The SMILES string of the molecule is C=CCCCN(C)Cc1cc(CNCC)co1. The number of hydrogen-bond acceptors (Lipinski definition) is 3. The van der Waals surface area contributed by atoms with E-state index >= 15 is 0 Å². The van der Waals surface area contributed by atoms with Crippen molar-refractivity contribution in [2.45, 2.75) is 32.9 Å². The van der Waals surface area contributed by atoms with E-state index in [1.165, 1.54) is 5.56 Å². The fourth-order valence-electron chi connectivity index (χ4n) is 1.72. The second kappa shape index (κ2) is 8.09. The monoisotopic (exact) mass is 236 g/mol. The van der Waals surface area contributed by atoms with Crippen molar-refractivity contribution >= 4 is 0 Å². The summed E-state index contributed by atoms with van der Waals surface area (Å²) in [6.07, 6.45) is 6.05. The van der Waals surface area contributed by atoms with Gasteiger partial charge in [-0.2, -0.15) is 0 Å². The van der Waals surface area contributed by atoms with Gasteiger partial charge in [0.05, 0.1) is 12.8 Å². The minimum absolute atomic E-state index is 0.878. The summed E-state index contributed by atoms with van der Waals surface area (Å²) in [5.74, 6) is 1.04. The molecule has 0 aromatic carbocycles. The molecule has 0 aliphatic rings. The van der Waals surface area contributed by atoms with Crippen molar-refractivity contribution in [1.29, 1.82) is 0 Å². The van der Waals surface area contributed by atoms with Gasteiger partial charge >= 0.3 is 0 Å². The van der Waals surface area contributed by atoms with E-state index in [0.29, 0.717) is 0 Å². The lowest BCUT2D eigenvalue weighted by molar-refractivity contribution is 0.292. The Morgan fingerprint density at radius 3 is 3.06 bits per heavy atom. The molecular weight excluding hydrogens is 212 g/mol. The fourth-order valence-corrected chi connectivity index (χ4v) is 1.72. The number of nitrogens with zero attached hydrogens (tertiary/aromatic N) is 1. The van der Waals surface area contributed by atoms with Gasteiger partial charge in [0.25, 0.3) is 0 Å². The van der Waals surface area contributed by atoms with E-state index < -0.39 is 0 Å². The molecule has 0 saturated heterocycles. The Morgan fingerprint density at radius 1 is 1.53 bits per heavy atom. The molecule has 0 saturated carbocycles. The summed E-state index contributed by atoms with van der Waals surface area (Å²) in [4.78, 5) is 2.28. The number of furan rings is 1. The molecule has 0 bridgehead atoms. The van der Waals surface area contributed by atoms with Gasteiger partial charge in [0.15, 0.2) is 0 Å². The summed E-state index contributed by atoms with van der Waals surface area (Å²) < 4.78 is 5.54. The quantitative estimate of drug-likeness (QED) is 0.528. The maximum absolute atomic E-state index is 5.54. The van der Waals surface area contributed by atoms with Crippen LogP contribution in [-0.4, -0.2) is 25.0 Å². The molecule has 96 valence electrons. The third-order valence-electron chi connectivity index (χ3n) is 2.66. The van der Waals surface area contributed by atoms with Crippen molar-refractivity contribution < 1.29 is 4.42 Å². The third kappa shape index (κ3) is 5.71. The Hall–Kier alpha value is -1.06. The van der Waals surface area contributed by atoms with Crippen LogP contribution < -0.4 is 5.32 Å². The van der Waals surface area contributed by atoms with E-state index in [9.17, 15) is 0 Å². The molecule has 3 heteroatoms. The first-order valence-corrected chi connectivity index (χ1v) is 6.32. The molecule has 17 heavy (non-hydrogen) atoms. The lowest BCUT2D eigenvalue weighted by Gasteiger charge is -2.13. The molecule has 0 atom stereocenters. The highest BCUT2D eigenvalue weighted by atomic mass is 16.3. The number of unbranched alkanes of at least 4 members (excludes halogenated alkanes) is 1. The summed E-state index contributed by atoms with van der Waals surface area (Å²) in [7, 11) is 2.12. The van der Waals surface area contributed by atoms with Gasteiger partial charge in [-0.15, -0.1) is 6.58 Å². The summed E-state index contributed by atoms with van der Waals surface area (Å²) in [5, 5.41) is 3.29. The molecule has 1 rings (SSSR count). The number of rotatable bonds is 9. The van der Waals surface area contributed by atoms with Gasteiger partial charge in [-0.05, 0) is 39.0 Å². The molecule has 0 radical (unpaired) electrons. The zero-order valence-corrected chi connectivity index (χ0v) is 11.0. The normalized spacial score (nSPS) is 11.0. The minimum atomic E-state index is 0.878. The molecule has 3 nitrogen and oxygen atoms in total. The van der Waals surface area contributed by atoms with Crippen molar-refractivity contribution in [3.63, 3.8) is 0 Å². The first-order valence-electron chi connectivity index (χ1n) is 6.32. The van der Waals surface area contributed by atoms with Gasteiger partial charge in [0.2, 0.25) is 0 Å². The van der Waals surface area contributed by atoms with Gasteiger partial charge in [0.1, 0.15) is 5.76 Å². The maximum atomic E-state index is 5.54. The van der Waals surface area contributed by atoms with E-state index in [1.54, 1.807) is 0 Å². The van der Waals surface area contributed by atoms with E-state index in [0.717, 1.165) is 44.8 Å². The van der Waals surface area contributed by atoms with Crippen molar-refractivity contribution in [2.75, 3.05) is 20.1 Å². The highest BCUT2D eigenvalue weighted by Crippen LogP contribution is 2.10. The molecular formula is C14H24N2O. The molecule has 1 aromatic rings. The van der Waals surface area contributed by atoms with Gasteiger partial charge < -0.3 is 9.73 Å². The van der Waals surface area contributed by atoms with Crippen LogP contribution in [0.5, 0.6) is 0 Å². The lowest BCUT2D eigenvalue weighted by atomic mass is 10.2. The molecule has 1 heterocycles. The third-order valence-corrected chi connectivity index (χ3v) is 2.66. The number of allylic oxidation sites excluding steroid dienone is 1. The molecule has 1 aromatic heterocycles. The molecule has 1 N–H and O–H groups in total. The van der Waals surface area contributed by atoms with Crippen LogP contribution in [0.15, 0.2) is 29.4 Å². The Balaban J connectivity index is 2.29.